The van der Waals surface area contributed by atoms with Crippen molar-refractivity contribution in [2.24, 2.45) is 0 Å². The van der Waals surface area contributed by atoms with Crippen molar-refractivity contribution in [1.29, 1.82) is 0 Å². The van der Waals surface area contributed by atoms with Crippen LogP contribution in [0.3, 0.4) is 0 Å². The smallest absolute Gasteiger partial charge is 0.251 e. The molecule has 3 nitrogen and oxygen atoms in total. The number of amides is 1. The minimum atomic E-state index is -0.629. The number of carbonyl (C=O) groups excluding carboxylic acids is 1. The van der Waals surface area contributed by atoms with E-state index in [4.69, 9.17) is 11.6 Å². The number of nitrogens with one attached hydrogen (secondary N) is 1. The maximum Gasteiger partial charge on any atom is 0.251 e. The Morgan fingerprint density at radius 3 is 2.62 bits per heavy atom. The van der Waals surface area contributed by atoms with Crippen molar-refractivity contribution in [1.82, 2.24) is 5.32 Å². The molecule has 0 saturated carbocycles. The van der Waals surface area contributed by atoms with Crippen molar-refractivity contribution in [2.75, 3.05) is 6.54 Å². The SMILES string of the molecule is O=C(NCC[C@H](O)c1cccc2ccccc12)c1cccc(Cl)c1. The van der Waals surface area contributed by atoms with Crippen LogP contribution < -0.4 is 5.32 Å². The molecular weight excluding hydrogens is 322 g/mol. The zero-order valence-corrected chi connectivity index (χ0v) is 13.8. The fourth-order valence-corrected chi connectivity index (χ4v) is 2.94. The van der Waals surface area contributed by atoms with Crippen LogP contribution in [0.25, 0.3) is 10.8 Å². The molecule has 0 saturated heterocycles. The van der Waals surface area contributed by atoms with Gasteiger partial charge in [0, 0.05) is 17.1 Å². The van der Waals surface area contributed by atoms with Gasteiger partial charge in [0.15, 0.2) is 0 Å². The number of benzene rings is 3. The molecule has 0 heterocycles. The van der Waals surface area contributed by atoms with Gasteiger partial charge in [0.1, 0.15) is 0 Å². The molecule has 0 fully saturated rings. The summed E-state index contributed by atoms with van der Waals surface area (Å²) >= 11 is 5.89. The molecule has 122 valence electrons. The Hall–Kier alpha value is -2.36. The number of aliphatic hydroxyl groups is 1. The lowest BCUT2D eigenvalue weighted by Gasteiger charge is -2.14. The second-order valence-electron chi connectivity index (χ2n) is 5.64. The van der Waals surface area contributed by atoms with E-state index in [1.165, 1.54) is 0 Å². The molecule has 2 N–H and O–H groups in total. The third-order valence-electron chi connectivity index (χ3n) is 3.97. The van der Waals surface area contributed by atoms with Crippen LogP contribution >= 0.6 is 11.6 Å². The summed E-state index contributed by atoms with van der Waals surface area (Å²) in [6.07, 6.45) is -0.184. The molecule has 0 aliphatic heterocycles. The number of halogens is 1. The topological polar surface area (TPSA) is 49.3 Å². The van der Waals surface area contributed by atoms with Crippen LogP contribution in [0.5, 0.6) is 0 Å². The molecular formula is C20H18ClNO2. The standard InChI is InChI=1S/C20H18ClNO2/c21-16-8-3-7-15(13-16)20(24)22-12-11-19(23)18-10-4-6-14-5-1-2-9-17(14)18/h1-10,13,19,23H,11-12H2,(H,22,24)/t19-/m0/s1. The van der Waals surface area contributed by atoms with Crippen molar-refractivity contribution in [3.05, 3.63) is 82.9 Å². The molecule has 24 heavy (non-hydrogen) atoms. The second kappa shape index (κ2) is 7.47. The van der Waals surface area contributed by atoms with Crippen LogP contribution in [0.4, 0.5) is 0 Å². The number of hydrogen-bond donors (Lipinski definition) is 2. The maximum atomic E-state index is 12.1. The predicted octanol–water partition coefficient (Wildman–Crippen LogP) is 4.35. The average Bonchev–Trinajstić information content (AvgIpc) is 2.61. The highest BCUT2D eigenvalue weighted by molar-refractivity contribution is 6.30. The highest BCUT2D eigenvalue weighted by Gasteiger charge is 2.12. The second-order valence-corrected chi connectivity index (χ2v) is 6.08. The van der Waals surface area contributed by atoms with Crippen molar-refractivity contribution < 1.29 is 9.90 Å². The molecule has 0 radical (unpaired) electrons. The van der Waals surface area contributed by atoms with Crippen molar-refractivity contribution >= 4 is 28.3 Å². The van der Waals surface area contributed by atoms with Gasteiger partial charge in [0.05, 0.1) is 6.10 Å². The van der Waals surface area contributed by atoms with Crippen LogP contribution in [0.15, 0.2) is 66.7 Å². The van der Waals surface area contributed by atoms with Gasteiger partial charge in [-0.05, 0) is 41.0 Å². The maximum absolute atomic E-state index is 12.1. The normalized spacial score (nSPS) is 12.1. The van der Waals surface area contributed by atoms with E-state index in [1.54, 1.807) is 24.3 Å². The lowest BCUT2D eigenvalue weighted by Crippen LogP contribution is -2.25. The van der Waals surface area contributed by atoms with E-state index in [0.29, 0.717) is 23.6 Å². The number of hydrogen-bond acceptors (Lipinski definition) is 2. The summed E-state index contributed by atoms with van der Waals surface area (Å²) in [4.78, 5) is 12.1. The van der Waals surface area contributed by atoms with Crippen LogP contribution in [0, 0.1) is 0 Å². The van der Waals surface area contributed by atoms with E-state index in [9.17, 15) is 9.90 Å². The van der Waals surface area contributed by atoms with Gasteiger partial charge in [0.2, 0.25) is 0 Å². The number of aliphatic hydroxyl groups excluding tert-OH is 1. The first kappa shape index (κ1) is 16.5. The number of rotatable bonds is 5. The third kappa shape index (κ3) is 3.75. The summed E-state index contributed by atoms with van der Waals surface area (Å²) in [6, 6.07) is 20.6. The Morgan fingerprint density at radius 2 is 1.79 bits per heavy atom. The molecule has 0 aliphatic rings. The first-order chi connectivity index (χ1) is 11.6. The average molecular weight is 340 g/mol. The molecule has 3 aromatic rings. The molecule has 0 bridgehead atoms. The Labute approximate surface area is 145 Å². The van der Waals surface area contributed by atoms with E-state index in [2.05, 4.69) is 5.32 Å². The summed E-state index contributed by atoms with van der Waals surface area (Å²) in [5, 5.41) is 15.9. The minimum Gasteiger partial charge on any atom is -0.388 e. The van der Waals surface area contributed by atoms with Crippen LogP contribution in [0.1, 0.15) is 28.4 Å². The summed E-state index contributed by atoms with van der Waals surface area (Å²) in [6.45, 7) is 0.385. The van der Waals surface area contributed by atoms with Gasteiger partial charge in [-0.2, -0.15) is 0 Å². The molecule has 0 spiro atoms. The minimum absolute atomic E-state index is 0.192. The highest BCUT2D eigenvalue weighted by atomic mass is 35.5. The Morgan fingerprint density at radius 1 is 1.04 bits per heavy atom. The van der Waals surface area contributed by atoms with E-state index >= 15 is 0 Å². The number of carbonyl (C=O) groups is 1. The largest absolute Gasteiger partial charge is 0.388 e. The monoisotopic (exact) mass is 339 g/mol. The molecule has 0 aromatic heterocycles. The van der Waals surface area contributed by atoms with Gasteiger partial charge in [-0.15, -0.1) is 0 Å². The van der Waals surface area contributed by atoms with Gasteiger partial charge in [-0.1, -0.05) is 60.1 Å². The molecule has 0 unspecified atom stereocenters. The Balaban J connectivity index is 1.63. The fourth-order valence-electron chi connectivity index (χ4n) is 2.75. The predicted molar refractivity (Wildman–Crippen MR) is 97.3 cm³/mol. The summed E-state index contributed by atoms with van der Waals surface area (Å²) < 4.78 is 0. The zero-order chi connectivity index (χ0) is 16.9. The Kier molecular flexibility index (Phi) is 5.14. The molecule has 4 heteroatoms. The first-order valence-electron chi connectivity index (χ1n) is 7.84. The molecule has 1 atom stereocenters. The highest BCUT2D eigenvalue weighted by Crippen LogP contribution is 2.25. The summed E-state index contributed by atoms with van der Waals surface area (Å²) in [5.41, 5.74) is 1.40. The Bertz CT molecular complexity index is 858. The lowest BCUT2D eigenvalue weighted by molar-refractivity contribution is 0.0943. The molecule has 0 aliphatic carbocycles. The summed E-state index contributed by atoms with van der Waals surface area (Å²) in [7, 11) is 0. The van der Waals surface area contributed by atoms with Crippen LogP contribution in [-0.2, 0) is 0 Å². The van der Waals surface area contributed by atoms with Gasteiger partial charge in [-0.3, -0.25) is 4.79 Å². The quantitative estimate of drug-likeness (QED) is 0.726. The van der Waals surface area contributed by atoms with Crippen LogP contribution in [0.2, 0.25) is 5.02 Å². The molecule has 3 rings (SSSR count). The van der Waals surface area contributed by atoms with Gasteiger partial charge in [-0.25, -0.2) is 0 Å². The van der Waals surface area contributed by atoms with E-state index in [0.717, 1.165) is 16.3 Å². The fraction of sp³-hybridized carbons (Fsp3) is 0.150. The zero-order valence-electron chi connectivity index (χ0n) is 13.1. The summed E-state index contributed by atoms with van der Waals surface area (Å²) in [5.74, 6) is -0.192. The van der Waals surface area contributed by atoms with E-state index in [-0.39, 0.29) is 5.91 Å². The van der Waals surface area contributed by atoms with Gasteiger partial charge < -0.3 is 10.4 Å². The van der Waals surface area contributed by atoms with E-state index in [1.807, 2.05) is 42.5 Å². The molecule has 3 aromatic carbocycles. The number of fused-ring (bicyclic) bond motifs is 1. The van der Waals surface area contributed by atoms with Crippen molar-refractivity contribution in [3.8, 4) is 0 Å². The van der Waals surface area contributed by atoms with Crippen molar-refractivity contribution in [2.45, 2.75) is 12.5 Å². The van der Waals surface area contributed by atoms with E-state index < -0.39 is 6.10 Å². The van der Waals surface area contributed by atoms with Gasteiger partial charge in [0.25, 0.3) is 5.91 Å². The lowest BCUT2D eigenvalue weighted by atomic mass is 9.99. The van der Waals surface area contributed by atoms with Crippen molar-refractivity contribution in [3.63, 3.8) is 0 Å². The van der Waals surface area contributed by atoms with Crippen LogP contribution in [-0.4, -0.2) is 17.6 Å². The van der Waals surface area contributed by atoms with Gasteiger partial charge >= 0.3 is 0 Å². The molecule has 1 amide bonds. The first-order valence-corrected chi connectivity index (χ1v) is 8.22. The third-order valence-corrected chi connectivity index (χ3v) is 4.21.